The zero-order valence-corrected chi connectivity index (χ0v) is 12.0. The number of pyridine rings is 1. The van der Waals surface area contributed by atoms with Crippen molar-refractivity contribution >= 4 is 11.9 Å². The van der Waals surface area contributed by atoms with Crippen molar-refractivity contribution in [1.82, 2.24) is 20.4 Å². The summed E-state index contributed by atoms with van der Waals surface area (Å²) in [6.45, 7) is 0. The first-order valence-corrected chi connectivity index (χ1v) is 6.84. The first-order valence-electron chi connectivity index (χ1n) is 6.84. The fraction of sp³-hybridized carbons (Fsp3) is 0. The van der Waals surface area contributed by atoms with E-state index in [1.54, 1.807) is 48.9 Å². The van der Waals surface area contributed by atoms with E-state index >= 15 is 0 Å². The van der Waals surface area contributed by atoms with Gasteiger partial charge in [0, 0.05) is 18.6 Å². The molecule has 7 nitrogen and oxygen atoms in total. The fourth-order valence-electron chi connectivity index (χ4n) is 1.79. The van der Waals surface area contributed by atoms with Gasteiger partial charge in [-0.3, -0.25) is 15.6 Å². The molecule has 23 heavy (non-hydrogen) atoms. The van der Waals surface area contributed by atoms with Gasteiger partial charge in [-0.1, -0.05) is 18.2 Å². The Bertz CT molecular complexity index is 781. The highest BCUT2D eigenvalue weighted by molar-refractivity contribution is 5.96. The van der Waals surface area contributed by atoms with Crippen molar-refractivity contribution in [2.24, 2.45) is 0 Å². The highest BCUT2D eigenvalue weighted by Gasteiger charge is 2.14. The van der Waals surface area contributed by atoms with Crippen LogP contribution in [0.5, 0.6) is 11.6 Å². The van der Waals surface area contributed by atoms with Gasteiger partial charge in [0.25, 0.3) is 5.91 Å². The van der Waals surface area contributed by atoms with Gasteiger partial charge in [0.2, 0.25) is 11.8 Å². The van der Waals surface area contributed by atoms with E-state index in [4.69, 9.17) is 4.74 Å². The van der Waals surface area contributed by atoms with Gasteiger partial charge in [-0.05, 0) is 30.3 Å². The van der Waals surface area contributed by atoms with Crippen LogP contribution in [0, 0.1) is 0 Å². The Labute approximate surface area is 132 Å². The van der Waals surface area contributed by atoms with Crippen LogP contribution in [0.3, 0.4) is 0 Å². The molecule has 3 aromatic rings. The minimum atomic E-state index is -0.406. The van der Waals surface area contributed by atoms with E-state index in [-0.39, 0.29) is 11.8 Å². The second-order valence-corrected chi connectivity index (χ2v) is 4.42. The molecule has 0 bridgehead atoms. The number of nitrogens with one attached hydrogen (secondary N) is 2. The summed E-state index contributed by atoms with van der Waals surface area (Å²) in [6, 6.07) is 14.1. The predicted molar refractivity (Wildman–Crippen MR) is 83.9 cm³/mol. The summed E-state index contributed by atoms with van der Waals surface area (Å²) in [5.41, 5.74) is 5.43. The third-order valence-corrected chi connectivity index (χ3v) is 2.83. The van der Waals surface area contributed by atoms with Crippen LogP contribution in [0.2, 0.25) is 0 Å². The van der Waals surface area contributed by atoms with Crippen molar-refractivity contribution in [3.8, 4) is 11.6 Å². The average molecular weight is 307 g/mol. The quantitative estimate of drug-likeness (QED) is 0.704. The summed E-state index contributed by atoms with van der Waals surface area (Å²) >= 11 is 0. The molecular formula is C16H13N5O2. The van der Waals surface area contributed by atoms with Crippen LogP contribution in [0.15, 0.2) is 67.1 Å². The van der Waals surface area contributed by atoms with Crippen molar-refractivity contribution in [1.29, 1.82) is 0 Å². The van der Waals surface area contributed by atoms with E-state index in [1.165, 1.54) is 0 Å². The molecule has 0 radical (unpaired) electrons. The maximum absolute atomic E-state index is 12.3. The Morgan fingerprint density at radius 3 is 2.39 bits per heavy atom. The number of hydrogen-bond acceptors (Lipinski definition) is 6. The van der Waals surface area contributed by atoms with Crippen LogP contribution in [0.4, 0.5) is 5.95 Å². The van der Waals surface area contributed by atoms with Gasteiger partial charge in [0.15, 0.2) is 0 Å². The molecule has 0 unspecified atom stereocenters. The lowest BCUT2D eigenvalue weighted by Gasteiger charge is -2.10. The van der Waals surface area contributed by atoms with Crippen LogP contribution in [-0.4, -0.2) is 20.9 Å². The topological polar surface area (TPSA) is 89.0 Å². The van der Waals surface area contributed by atoms with E-state index in [0.29, 0.717) is 11.3 Å². The summed E-state index contributed by atoms with van der Waals surface area (Å²) in [5.74, 6) is 0.693. The summed E-state index contributed by atoms with van der Waals surface area (Å²) in [5, 5.41) is 0. The number of nitrogens with zero attached hydrogens (tertiary/aromatic N) is 3. The molecule has 2 N–H and O–H groups in total. The molecule has 1 aromatic carbocycles. The second-order valence-electron chi connectivity index (χ2n) is 4.42. The number of amides is 1. The number of para-hydroxylation sites is 1. The summed E-state index contributed by atoms with van der Waals surface area (Å²) in [4.78, 5) is 24.3. The van der Waals surface area contributed by atoms with Gasteiger partial charge in [-0.2, -0.15) is 0 Å². The lowest BCUT2D eigenvalue weighted by atomic mass is 10.2. The van der Waals surface area contributed by atoms with E-state index < -0.39 is 5.91 Å². The van der Waals surface area contributed by atoms with E-state index in [1.807, 2.05) is 18.2 Å². The summed E-state index contributed by atoms with van der Waals surface area (Å²) in [7, 11) is 0. The van der Waals surface area contributed by atoms with Crippen LogP contribution in [0.1, 0.15) is 10.4 Å². The predicted octanol–water partition coefficient (Wildman–Crippen LogP) is 2.42. The summed E-state index contributed by atoms with van der Waals surface area (Å²) < 4.78 is 5.65. The highest BCUT2D eigenvalue weighted by atomic mass is 16.5. The lowest BCUT2D eigenvalue weighted by Crippen LogP contribution is -2.30. The van der Waals surface area contributed by atoms with Gasteiger partial charge >= 0.3 is 0 Å². The molecule has 0 aliphatic heterocycles. The molecule has 7 heteroatoms. The number of hydrogen-bond donors (Lipinski definition) is 2. The maximum atomic E-state index is 12.3. The third kappa shape index (κ3) is 3.79. The molecule has 114 valence electrons. The van der Waals surface area contributed by atoms with E-state index in [9.17, 15) is 4.79 Å². The smallest absolute Gasteiger partial charge is 0.275 e. The number of anilines is 1. The number of rotatable bonds is 5. The molecule has 0 saturated heterocycles. The first kappa shape index (κ1) is 14.5. The number of ether oxygens (including phenoxy) is 1. The zero-order chi connectivity index (χ0) is 15.9. The molecule has 2 aromatic heterocycles. The maximum Gasteiger partial charge on any atom is 0.275 e. The van der Waals surface area contributed by atoms with Crippen molar-refractivity contribution < 1.29 is 9.53 Å². The molecule has 0 aliphatic carbocycles. The largest absolute Gasteiger partial charge is 0.438 e. The molecule has 0 aliphatic rings. The van der Waals surface area contributed by atoms with Crippen molar-refractivity contribution in [3.63, 3.8) is 0 Å². The number of aromatic nitrogens is 3. The van der Waals surface area contributed by atoms with Crippen molar-refractivity contribution in [2.75, 3.05) is 5.43 Å². The van der Waals surface area contributed by atoms with Crippen LogP contribution < -0.4 is 15.6 Å². The fourth-order valence-corrected chi connectivity index (χ4v) is 1.79. The SMILES string of the molecule is O=C(NNc1ncccn1)c1cccnc1Oc1ccccc1. The standard InChI is InChI=1S/C16H13N5O2/c22-14(20-21-16-18-10-5-11-19-16)13-8-4-9-17-15(13)23-12-6-2-1-3-7-12/h1-11H,(H,20,22)(H,18,19,21). The molecule has 1 amide bonds. The molecule has 0 saturated carbocycles. The number of carbonyl (C=O) groups excluding carboxylic acids is 1. The minimum Gasteiger partial charge on any atom is -0.438 e. The van der Waals surface area contributed by atoms with Crippen molar-refractivity contribution in [2.45, 2.75) is 0 Å². The van der Waals surface area contributed by atoms with E-state index in [2.05, 4.69) is 25.8 Å². The van der Waals surface area contributed by atoms with Crippen LogP contribution in [-0.2, 0) is 0 Å². The lowest BCUT2D eigenvalue weighted by molar-refractivity contribution is 0.0959. The minimum absolute atomic E-state index is 0.215. The molecule has 3 rings (SSSR count). The van der Waals surface area contributed by atoms with Gasteiger partial charge in [-0.15, -0.1) is 0 Å². The Kier molecular flexibility index (Phi) is 4.39. The van der Waals surface area contributed by atoms with Gasteiger partial charge in [-0.25, -0.2) is 15.0 Å². The normalized spacial score (nSPS) is 9.91. The number of carbonyl (C=O) groups is 1. The number of benzene rings is 1. The Morgan fingerprint density at radius 2 is 1.61 bits per heavy atom. The summed E-state index contributed by atoms with van der Waals surface area (Å²) in [6.07, 6.45) is 4.69. The molecule has 0 spiro atoms. The Morgan fingerprint density at radius 1 is 0.870 bits per heavy atom. The average Bonchev–Trinajstić information content (AvgIpc) is 2.62. The zero-order valence-electron chi connectivity index (χ0n) is 12.0. The monoisotopic (exact) mass is 307 g/mol. The second kappa shape index (κ2) is 6.99. The molecule has 0 atom stereocenters. The van der Waals surface area contributed by atoms with Gasteiger partial charge in [0.05, 0.1) is 0 Å². The first-order chi connectivity index (χ1) is 11.3. The molecular weight excluding hydrogens is 294 g/mol. The van der Waals surface area contributed by atoms with Gasteiger partial charge in [0.1, 0.15) is 11.3 Å². The van der Waals surface area contributed by atoms with Gasteiger partial charge < -0.3 is 4.74 Å². The van der Waals surface area contributed by atoms with Crippen LogP contribution >= 0.6 is 0 Å². The Balaban J connectivity index is 1.73. The van der Waals surface area contributed by atoms with E-state index in [0.717, 1.165) is 0 Å². The van der Waals surface area contributed by atoms with Crippen molar-refractivity contribution in [3.05, 3.63) is 72.7 Å². The third-order valence-electron chi connectivity index (χ3n) is 2.83. The Hall–Kier alpha value is -3.48. The number of hydrazine groups is 1. The van der Waals surface area contributed by atoms with Crippen LogP contribution in [0.25, 0.3) is 0 Å². The highest BCUT2D eigenvalue weighted by Crippen LogP contribution is 2.22. The molecule has 0 fully saturated rings. The molecule has 2 heterocycles.